The smallest absolute Gasteiger partial charge is 0.166 e. The summed E-state index contributed by atoms with van der Waals surface area (Å²) in [5, 5.41) is 0. The molecule has 1 aliphatic heterocycles. The predicted octanol–water partition coefficient (Wildman–Crippen LogP) is 3.71. The van der Waals surface area contributed by atoms with Gasteiger partial charge in [-0.15, -0.1) is 0 Å². The molecule has 1 spiro atoms. The first-order valence-corrected chi connectivity index (χ1v) is 8.06. The van der Waals surface area contributed by atoms with Crippen LogP contribution in [0.1, 0.15) is 60.0 Å². The van der Waals surface area contributed by atoms with Crippen LogP contribution in [0.15, 0.2) is 18.2 Å². The van der Waals surface area contributed by atoms with Crippen molar-refractivity contribution in [1.29, 1.82) is 0 Å². The van der Waals surface area contributed by atoms with Crippen LogP contribution in [0.3, 0.4) is 0 Å². The number of aryl methyl sites for hydroxylation is 2. The molecule has 106 valence electrons. The van der Waals surface area contributed by atoms with Gasteiger partial charge >= 0.3 is 0 Å². The Kier molecular flexibility index (Phi) is 2.95. The van der Waals surface area contributed by atoms with E-state index in [4.69, 9.17) is 4.74 Å². The maximum atomic E-state index is 12.8. The lowest BCUT2D eigenvalue weighted by Crippen LogP contribution is -2.47. The Morgan fingerprint density at radius 3 is 2.80 bits per heavy atom. The summed E-state index contributed by atoms with van der Waals surface area (Å²) in [6.07, 6.45) is 8.99. The number of Topliss-reactive ketones (excluding diaryl/α,β-unsaturated/α-hetero) is 1. The molecule has 1 saturated heterocycles. The largest absolute Gasteiger partial charge is 0.375 e. The van der Waals surface area contributed by atoms with Crippen LogP contribution in [0.5, 0.6) is 0 Å². The van der Waals surface area contributed by atoms with Crippen molar-refractivity contribution >= 4 is 5.78 Å². The second-order valence-corrected chi connectivity index (χ2v) is 6.78. The van der Waals surface area contributed by atoms with Crippen molar-refractivity contribution in [1.82, 2.24) is 0 Å². The van der Waals surface area contributed by atoms with Crippen LogP contribution >= 0.6 is 0 Å². The van der Waals surface area contributed by atoms with Gasteiger partial charge in [0.15, 0.2) is 5.78 Å². The SMILES string of the molecule is O=C(c1ccc2c(c1)CCC2)C1CCOC2(CCC2)C1. The van der Waals surface area contributed by atoms with E-state index in [-0.39, 0.29) is 11.5 Å². The Bertz CT molecular complexity index is 542. The lowest BCUT2D eigenvalue weighted by atomic mass is 9.70. The van der Waals surface area contributed by atoms with Crippen molar-refractivity contribution in [2.75, 3.05) is 6.61 Å². The van der Waals surface area contributed by atoms with Gasteiger partial charge in [0.05, 0.1) is 5.60 Å². The number of hydrogen-bond donors (Lipinski definition) is 0. The van der Waals surface area contributed by atoms with Crippen molar-refractivity contribution in [2.45, 2.75) is 57.0 Å². The normalized spacial score (nSPS) is 27.1. The Labute approximate surface area is 120 Å². The minimum absolute atomic E-state index is 0.0648. The van der Waals surface area contributed by atoms with E-state index in [0.717, 1.165) is 44.3 Å². The van der Waals surface area contributed by atoms with Gasteiger partial charge in [-0.2, -0.15) is 0 Å². The molecular weight excluding hydrogens is 248 g/mol. The van der Waals surface area contributed by atoms with Crippen molar-refractivity contribution in [3.8, 4) is 0 Å². The fourth-order valence-corrected chi connectivity index (χ4v) is 4.13. The van der Waals surface area contributed by atoms with Gasteiger partial charge in [0.25, 0.3) is 0 Å². The Morgan fingerprint density at radius 1 is 1.15 bits per heavy atom. The number of carbonyl (C=O) groups is 1. The number of rotatable bonds is 2. The molecule has 1 heterocycles. The van der Waals surface area contributed by atoms with E-state index in [2.05, 4.69) is 18.2 Å². The first-order valence-electron chi connectivity index (χ1n) is 8.06. The molecule has 2 fully saturated rings. The zero-order chi connectivity index (χ0) is 13.6. The number of carbonyl (C=O) groups excluding carboxylic acids is 1. The number of ether oxygens (including phenoxy) is 1. The van der Waals surface area contributed by atoms with E-state index in [1.807, 2.05) is 0 Å². The monoisotopic (exact) mass is 270 g/mol. The van der Waals surface area contributed by atoms with E-state index >= 15 is 0 Å². The molecule has 2 aliphatic carbocycles. The van der Waals surface area contributed by atoms with Crippen LogP contribution in [-0.2, 0) is 17.6 Å². The second kappa shape index (κ2) is 4.70. The molecular formula is C18H22O2. The van der Waals surface area contributed by atoms with Crippen molar-refractivity contribution in [2.24, 2.45) is 5.92 Å². The van der Waals surface area contributed by atoms with Gasteiger partial charge < -0.3 is 4.74 Å². The van der Waals surface area contributed by atoms with Crippen LogP contribution in [-0.4, -0.2) is 18.0 Å². The van der Waals surface area contributed by atoms with Gasteiger partial charge in [0, 0.05) is 18.1 Å². The highest BCUT2D eigenvalue weighted by molar-refractivity contribution is 5.98. The topological polar surface area (TPSA) is 26.3 Å². The summed E-state index contributed by atoms with van der Waals surface area (Å²) in [6.45, 7) is 0.765. The van der Waals surface area contributed by atoms with Crippen LogP contribution < -0.4 is 0 Å². The Balaban J connectivity index is 1.54. The maximum Gasteiger partial charge on any atom is 0.166 e. The second-order valence-electron chi connectivity index (χ2n) is 6.78. The summed E-state index contributed by atoms with van der Waals surface area (Å²) in [5.41, 5.74) is 3.85. The molecule has 0 aromatic heterocycles. The standard InChI is InChI=1S/C18H22O2/c19-17(15-6-5-13-3-1-4-14(13)11-15)16-7-10-20-18(12-16)8-2-9-18/h5-6,11,16H,1-4,7-10,12H2. The van der Waals surface area contributed by atoms with Crippen LogP contribution in [0, 0.1) is 5.92 Å². The van der Waals surface area contributed by atoms with Crippen molar-refractivity contribution < 1.29 is 9.53 Å². The minimum atomic E-state index is 0.0648. The molecule has 0 N–H and O–H groups in total. The van der Waals surface area contributed by atoms with Crippen molar-refractivity contribution in [3.05, 3.63) is 34.9 Å². The third kappa shape index (κ3) is 2.01. The Hall–Kier alpha value is -1.15. The number of fused-ring (bicyclic) bond motifs is 1. The third-order valence-electron chi connectivity index (χ3n) is 5.51. The van der Waals surface area contributed by atoms with E-state index in [1.54, 1.807) is 0 Å². The predicted molar refractivity (Wildman–Crippen MR) is 78.1 cm³/mol. The summed E-state index contributed by atoms with van der Waals surface area (Å²) in [7, 11) is 0. The molecule has 2 heteroatoms. The quantitative estimate of drug-likeness (QED) is 0.766. The molecule has 1 atom stereocenters. The highest BCUT2D eigenvalue weighted by Crippen LogP contribution is 2.45. The van der Waals surface area contributed by atoms with Gasteiger partial charge in [0.1, 0.15) is 0 Å². The van der Waals surface area contributed by atoms with Gasteiger partial charge in [-0.3, -0.25) is 4.79 Å². The molecule has 2 nitrogen and oxygen atoms in total. The molecule has 3 aliphatic rings. The summed E-state index contributed by atoms with van der Waals surface area (Å²) in [4.78, 5) is 12.8. The fourth-order valence-electron chi connectivity index (χ4n) is 4.13. The minimum Gasteiger partial charge on any atom is -0.375 e. The van der Waals surface area contributed by atoms with Crippen LogP contribution in [0.25, 0.3) is 0 Å². The van der Waals surface area contributed by atoms with Gasteiger partial charge in [-0.1, -0.05) is 12.1 Å². The van der Waals surface area contributed by atoms with E-state index < -0.39 is 0 Å². The number of hydrogen-bond acceptors (Lipinski definition) is 2. The third-order valence-corrected chi connectivity index (χ3v) is 5.51. The van der Waals surface area contributed by atoms with Crippen molar-refractivity contribution in [3.63, 3.8) is 0 Å². The van der Waals surface area contributed by atoms with Gasteiger partial charge in [-0.25, -0.2) is 0 Å². The zero-order valence-electron chi connectivity index (χ0n) is 12.0. The molecule has 1 aromatic rings. The van der Waals surface area contributed by atoms with Gasteiger partial charge in [0.2, 0.25) is 0 Å². The summed E-state index contributed by atoms with van der Waals surface area (Å²) in [5.74, 6) is 0.540. The van der Waals surface area contributed by atoms with Crippen LogP contribution in [0.2, 0.25) is 0 Å². The lowest BCUT2D eigenvalue weighted by Gasteiger charge is -2.46. The first kappa shape index (κ1) is 12.6. The molecule has 1 saturated carbocycles. The molecule has 1 unspecified atom stereocenters. The molecule has 20 heavy (non-hydrogen) atoms. The van der Waals surface area contributed by atoms with E-state index in [0.29, 0.717) is 5.78 Å². The highest BCUT2D eigenvalue weighted by Gasteiger charge is 2.44. The van der Waals surface area contributed by atoms with E-state index in [1.165, 1.54) is 30.4 Å². The highest BCUT2D eigenvalue weighted by atomic mass is 16.5. The maximum absolute atomic E-state index is 12.8. The first-order chi connectivity index (χ1) is 9.76. The molecule has 0 bridgehead atoms. The number of ketones is 1. The summed E-state index contributed by atoms with van der Waals surface area (Å²) >= 11 is 0. The Morgan fingerprint density at radius 2 is 2.00 bits per heavy atom. The summed E-state index contributed by atoms with van der Waals surface area (Å²) in [6, 6.07) is 6.39. The molecule has 1 aromatic carbocycles. The average Bonchev–Trinajstić information content (AvgIpc) is 2.92. The van der Waals surface area contributed by atoms with E-state index in [9.17, 15) is 4.79 Å². The van der Waals surface area contributed by atoms with Gasteiger partial charge in [-0.05, 0) is 68.6 Å². The molecule has 0 amide bonds. The lowest BCUT2D eigenvalue weighted by molar-refractivity contribution is -0.137. The fraction of sp³-hybridized carbons (Fsp3) is 0.611. The summed E-state index contributed by atoms with van der Waals surface area (Å²) < 4.78 is 5.94. The molecule has 0 radical (unpaired) electrons. The molecule has 4 rings (SSSR count). The number of benzene rings is 1. The average molecular weight is 270 g/mol. The zero-order valence-corrected chi connectivity index (χ0v) is 12.0. The van der Waals surface area contributed by atoms with Crippen LogP contribution in [0.4, 0.5) is 0 Å².